The molecule has 0 aliphatic carbocycles. The summed E-state index contributed by atoms with van der Waals surface area (Å²) < 4.78 is 8.95. The van der Waals surface area contributed by atoms with Crippen LogP contribution >= 0.6 is 0 Å². The SMILES string of the molecule is C=C(C)C(=O)N=C=O.C=C(C)C(=O)OC.C=CC(=O)OCCCC.C=Cc1ccccc1. The maximum atomic E-state index is 10.3. The number of amides is 1. The Kier molecular flexibility index (Phi) is 24.1. The molecule has 0 atom stereocenters. The third kappa shape index (κ3) is 24.2. The fraction of sp³-hybridized carbons (Fsp3) is 0.280. The van der Waals surface area contributed by atoms with Gasteiger partial charge in [0.2, 0.25) is 6.08 Å². The molecule has 174 valence electrons. The Morgan fingerprint density at radius 3 is 1.88 bits per heavy atom. The number of rotatable bonds is 7. The number of esters is 2. The zero-order valence-electron chi connectivity index (χ0n) is 19.4. The highest BCUT2D eigenvalue weighted by molar-refractivity contribution is 5.95. The van der Waals surface area contributed by atoms with Crippen LogP contribution in [-0.4, -0.2) is 37.6 Å². The minimum atomic E-state index is -0.611. The van der Waals surface area contributed by atoms with Crippen LogP contribution in [0, 0.1) is 0 Å². The molecule has 7 heteroatoms. The molecule has 1 aromatic rings. The van der Waals surface area contributed by atoms with Gasteiger partial charge < -0.3 is 9.47 Å². The Morgan fingerprint density at radius 2 is 1.62 bits per heavy atom. The molecule has 0 heterocycles. The van der Waals surface area contributed by atoms with Crippen molar-refractivity contribution in [3.8, 4) is 0 Å². The van der Waals surface area contributed by atoms with E-state index in [-0.39, 0.29) is 17.5 Å². The first-order chi connectivity index (χ1) is 15.1. The maximum Gasteiger partial charge on any atom is 0.332 e. The third-order valence-electron chi connectivity index (χ3n) is 2.99. The Hall–Kier alpha value is -3.83. The molecule has 0 fully saturated rings. The van der Waals surface area contributed by atoms with E-state index in [1.807, 2.05) is 43.3 Å². The second kappa shape index (κ2) is 23.4. The van der Waals surface area contributed by atoms with Gasteiger partial charge in [-0.2, -0.15) is 0 Å². The molecule has 7 nitrogen and oxygen atoms in total. The molecule has 0 bridgehead atoms. The smallest absolute Gasteiger partial charge is 0.332 e. The van der Waals surface area contributed by atoms with Crippen molar-refractivity contribution in [3.05, 3.63) is 79.4 Å². The lowest BCUT2D eigenvalue weighted by molar-refractivity contribution is -0.138. The molecule has 0 spiro atoms. The quantitative estimate of drug-likeness (QED) is 0.193. The van der Waals surface area contributed by atoms with Gasteiger partial charge in [-0.05, 0) is 25.8 Å². The first-order valence-corrected chi connectivity index (χ1v) is 9.59. The fourth-order valence-corrected chi connectivity index (χ4v) is 1.28. The molecule has 0 N–H and O–H groups in total. The summed E-state index contributed by atoms with van der Waals surface area (Å²) in [5, 5.41) is 0. The largest absolute Gasteiger partial charge is 0.466 e. The Bertz CT molecular complexity index is 786. The second-order valence-electron chi connectivity index (χ2n) is 5.90. The first-order valence-electron chi connectivity index (χ1n) is 9.59. The van der Waals surface area contributed by atoms with E-state index in [9.17, 15) is 19.2 Å². The summed E-state index contributed by atoms with van der Waals surface area (Å²) in [6, 6.07) is 10.0. The minimum absolute atomic E-state index is 0.244. The molecule has 1 aromatic carbocycles. The van der Waals surface area contributed by atoms with Gasteiger partial charge in [0, 0.05) is 17.2 Å². The van der Waals surface area contributed by atoms with Crippen LogP contribution in [0.1, 0.15) is 39.2 Å². The normalized spacial score (nSPS) is 8.00. The van der Waals surface area contributed by atoms with Crippen molar-refractivity contribution in [2.24, 2.45) is 4.99 Å². The summed E-state index contributed by atoms with van der Waals surface area (Å²) in [6.07, 6.45) is 6.10. The molecule has 1 rings (SSSR count). The van der Waals surface area contributed by atoms with E-state index in [4.69, 9.17) is 0 Å². The number of methoxy groups -OCH3 is 1. The lowest BCUT2D eigenvalue weighted by Gasteiger charge is -1.97. The van der Waals surface area contributed by atoms with Crippen LogP contribution in [0.2, 0.25) is 0 Å². The van der Waals surface area contributed by atoms with Gasteiger partial charge in [-0.3, -0.25) is 4.79 Å². The average Bonchev–Trinajstić information content (AvgIpc) is 2.80. The minimum Gasteiger partial charge on any atom is -0.466 e. The van der Waals surface area contributed by atoms with Gasteiger partial charge in [-0.15, -0.1) is 4.99 Å². The number of nitrogens with zero attached hydrogens (tertiary/aromatic N) is 1. The predicted octanol–water partition coefficient (Wildman–Crippen LogP) is 5.01. The summed E-state index contributed by atoms with van der Waals surface area (Å²) in [4.78, 5) is 42.9. The Balaban J connectivity index is -0.000000352. The first kappa shape index (κ1) is 32.8. The fourth-order valence-electron chi connectivity index (χ4n) is 1.28. The second-order valence-corrected chi connectivity index (χ2v) is 5.90. The van der Waals surface area contributed by atoms with Crippen LogP contribution in [0.4, 0.5) is 0 Å². The summed E-state index contributed by atoms with van der Waals surface area (Å²) in [5.41, 5.74) is 1.85. The number of aliphatic imine (C=N–C) groups is 1. The van der Waals surface area contributed by atoms with E-state index in [1.165, 1.54) is 25.7 Å². The highest BCUT2D eigenvalue weighted by Crippen LogP contribution is 1.97. The van der Waals surface area contributed by atoms with Crippen molar-refractivity contribution in [3.63, 3.8) is 0 Å². The molecule has 0 radical (unpaired) electrons. The van der Waals surface area contributed by atoms with Crippen molar-refractivity contribution >= 4 is 30.0 Å². The molecule has 0 aromatic heterocycles. The summed E-state index contributed by atoms with van der Waals surface area (Å²) in [6.45, 7) is 19.1. The summed E-state index contributed by atoms with van der Waals surface area (Å²) in [5.74, 6) is -1.29. The lowest BCUT2D eigenvalue weighted by Crippen LogP contribution is -2.00. The highest BCUT2D eigenvalue weighted by Gasteiger charge is 1.96. The van der Waals surface area contributed by atoms with Crippen LogP contribution in [0.3, 0.4) is 0 Å². The van der Waals surface area contributed by atoms with Gasteiger partial charge >= 0.3 is 11.9 Å². The molecule has 0 saturated carbocycles. The van der Waals surface area contributed by atoms with Gasteiger partial charge in [0.25, 0.3) is 5.91 Å². The molecule has 0 aliphatic heterocycles. The molecule has 1 amide bonds. The van der Waals surface area contributed by atoms with Crippen molar-refractivity contribution in [2.75, 3.05) is 13.7 Å². The number of carbonyl (C=O) groups excluding carboxylic acids is 4. The number of carbonyl (C=O) groups is 3. The monoisotopic (exact) mass is 443 g/mol. The predicted molar refractivity (Wildman–Crippen MR) is 127 cm³/mol. The molecule has 32 heavy (non-hydrogen) atoms. The topological polar surface area (TPSA) is 99.1 Å². The Morgan fingerprint density at radius 1 is 1.06 bits per heavy atom. The van der Waals surface area contributed by atoms with E-state index < -0.39 is 5.91 Å². The number of benzene rings is 1. The van der Waals surface area contributed by atoms with Crippen LogP contribution in [0.15, 0.2) is 78.9 Å². The van der Waals surface area contributed by atoms with Crippen LogP contribution < -0.4 is 0 Å². The maximum absolute atomic E-state index is 10.3. The third-order valence-corrected chi connectivity index (χ3v) is 2.99. The van der Waals surface area contributed by atoms with Gasteiger partial charge in [-0.1, -0.05) is 76.1 Å². The van der Waals surface area contributed by atoms with E-state index in [0.29, 0.717) is 12.2 Å². The van der Waals surface area contributed by atoms with Gasteiger partial charge in [-0.25, -0.2) is 14.4 Å². The molecular formula is C25H33NO6. The van der Waals surface area contributed by atoms with Crippen LogP contribution in [-0.2, 0) is 28.7 Å². The number of unbranched alkanes of at least 4 members (excludes halogenated alkanes) is 1. The summed E-state index contributed by atoms with van der Waals surface area (Å²) >= 11 is 0. The van der Waals surface area contributed by atoms with E-state index >= 15 is 0 Å². The molecular weight excluding hydrogens is 410 g/mol. The van der Waals surface area contributed by atoms with E-state index in [0.717, 1.165) is 18.9 Å². The Labute approximate surface area is 190 Å². The lowest BCUT2D eigenvalue weighted by atomic mass is 10.2. The zero-order valence-corrected chi connectivity index (χ0v) is 19.4. The van der Waals surface area contributed by atoms with Crippen molar-refractivity contribution < 1.29 is 28.7 Å². The van der Waals surface area contributed by atoms with Gasteiger partial charge in [0.15, 0.2) is 0 Å². The summed E-state index contributed by atoms with van der Waals surface area (Å²) in [7, 11) is 1.33. The molecule has 0 saturated heterocycles. The van der Waals surface area contributed by atoms with Crippen molar-refractivity contribution in [2.45, 2.75) is 33.6 Å². The van der Waals surface area contributed by atoms with Crippen molar-refractivity contribution in [1.29, 1.82) is 0 Å². The van der Waals surface area contributed by atoms with Crippen molar-refractivity contribution in [1.82, 2.24) is 0 Å². The molecule has 0 unspecified atom stereocenters. The number of ether oxygens (including phenoxy) is 2. The van der Waals surface area contributed by atoms with Gasteiger partial charge in [0.1, 0.15) is 0 Å². The standard InChI is InChI=1S/C8H8.C7H12O2.C5H5NO2.C5H8O2/c1-2-8-6-4-3-5-7-8;1-3-5-6-9-7(8)4-2;1-4(2)5(8)6-3-7;1-4(2)5(6)7-3/h2-7H,1H2;4H,2-3,5-6H2,1H3;1H2,2H3;1H2,2-3H3. The molecule has 0 aliphatic rings. The number of isocyanates is 1. The van der Waals surface area contributed by atoms with E-state index in [1.54, 1.807) is 6.92 Å². The highest BCUT2D eigenvalue weighted by atomic mass is 16.5. The van der Waals surface area contributed by atoms with E-state index in [2.05, 4.69) is 40.8 Å². The van der Waals surface area contributed by atoms with Crippen LogP contribution in [0.5, 0.6) is 0 Å². The zero-order chi connectivity index (χ0) is 25.4. The average molecular weight is 444 g/mol. The number of hydrogen-bond donors (Lipinski definition) is 0. The van der Waals surface area contributed by atoms with Crippen LogP contribution in [0.25, 0.3) is 6.08 Å². The van der Waals surface area contributed by atoms with Gasteiger partial charge in [0.05, 0.1) is 13.7 Å². The number of hydrogen-bond acceptors (Lipinski definition) is 6.